The van der Waals surface area contributed by atoms with Gasteiger partial charge in [0.1, 0.15) is 0 Å². The van der Waals surface area contributed by atoms with Crippen molar-refractivity contribution < 1.29 is 25.8 Å². The van der Waals surface area contributed by atoms with E-state index >= 15 is 0 Å². The lowest BCUT2D eigenvalue weighted by Crippen LogP contribution is -2.28. The Bertz CT molecular complexity index is 802. The molecule has 0 radical (unpaired) electrons. The van der Waals surface area contributed by atoms with Crippen molar-refractivity contribution in [2.24, 2.45) is 0 Å². The SMILES string of the molecule is Cc1cccc(-c2ccccc2OS(=O)(=O)C(F)(F)F)c1C.I. The lowest BCUT2D eigenvalue weighted by Gasteiger charge is -2.15. The molecule has 0 aliphatic carbocycles. The second kappa shape index (κ2) is 7.08. The molecule has 0 aromatic heterocycles. The van der Waals surface area contributed by atoms with E-state index in [1.165, 1.54) is 18.2 Å². The van der Waals surface area contributed by atoms with Crippen LogP contribution in [0.5, 0.6) is 5.75 Å². The minimum atomic E-state index is -5.70. The van der Waals surface area contributed by atoms with E-state index in [1.807, 2.05) is 13.0 Å². The maximum Gasteiger partial charge on any atom is 0.534 e. The van der Waals surface area contributed by atoms with Gasteiger partial charge in [-0.2, -0.15) is 21.6 Å². The molecule has 0 saturated carbocycles. The minimum absolute atomic E-state index is 0. The molecule has 8 heteroatoms. The lowest BCUT2D eigenvalue weighted by atomic mass is 9.96. The van der Waals surface area contributed by atoms with Crippen LogP contribution in [0.15, 0.2) is 42.5 Å². The van der Waals surface area contributed by atoms with E-state index in [0.717, 1.165) is 11.1 Å². The zero-order chi connectivity index (χ0) is 16.5. The molecule has 0 amide bonds. The van der Waals surface area contributed by atoms with Crippen LogP contribution in [0.1, 0.15) is 11.1 Å². The summed E-state index contributed by atoms with van der Waals surface area (Å²) in [6, 6.07) is 11.0. The van der Waals surface area contributed by atoms with E-state index < -0.39 is 15.6 Å². The van der Waals surface area contributed by atoms with Crippen LogP contribution in [0.3, 0.4) is 0 Å². The van der Waals surface area contributed by atoms with Gasteiger partial charge >= 0.3 is 15.6 Å². The molecule has 3 nitrogen and oxygen atoms in total. The highest BCUT2D eigenvalue weighted by molar-refractivity contribution is 14.0. The van der Waals surface area contributed by atoms with Gasteiger partial charge in [0, 0.05) is 5.56 Å². The molecule has 0 aliphatic rings. The van der Waals surface area contributed by atoms with Crippen LogP contribution in [-0.2, 0) is 10.1 Å². The monoisotopic (exact) mass is 458 g/mol. The van der Waals surface area contributed by atoms with Crippen LogP contribution in [0.2, 0.25) is 0 Å². The number of alkyl halides is 3. The zero-order valence-electron chi connectivity index (χ0n) is 12.2. The summed E-state index contributed by atoms with van der Waals surface area (Å²) in [6.45, 7) is 3.66. The molecule has 0 N–H and O–H groups in total. The molecule has 0 spiro atoms. The number of hydrogen-bond donors (Lipinski definition) is 0. The molecule has 2 rings (SSSR count). The van der Waals surface area contributed by atoms with Crippen LogP contribution < -0.4 is 4.18 Å². The van der Waals surface area contributed by atoms with Crippen molar-refractivity contribution in [2.45, 2.75) is 19.4 Å². The van der Waals surface area contributed by atoms with Gasteiger partial charge in [-0.3, -0.25) is 0 Å². The third kappa shape index (κ3) is 4.17. The molecule has 0 atom stereocenters. The van der Waals surface area contributed by atoms with E-state index in [2.05, 4.69) is 4.18 Å². The molecular formula is C15H14F3IO3S. The molecule has 0 heterocycles. The van der Waals surface area contributed by atoms with E-state index in [9.17, 15) is 21.6 Å². The van der Waals surface area contributed by atoms with Gasteiger partial charge in [0.25, 0.3) is 0 Å². The second-order valence-electron chi connectivity index (χ2n) is 4.73. The fourth-order valence-electron chi connectivity index (χ4n) is 1.97. The number of para-hydroxylation sites is 1. The van der Waals surface area contributed by atoms with E-state index in [0.29, 0.717) is 5.56 Å². The topological polar surface area (TPSA) is 43.4 Å². The van der Waals surface area contributed by atoms with Gasteiger partial charge in [0.15, 0.2) is 5.75 Å². The highest BCUT2D eigenvalue weighted by Gasteiger charge is 2.48. The number of hydrogen-bond acceptors (Lipinski definition) is 3. The van der Waals surface area contributed by atoms with Crippen LogP contribution in [-0.4, -0.2) is 13.9 Å². The van der Waals surface area contributed by atoms with E-state index in [4.69, 9.17) is 0 Å². The number of benzene rings is 2. The Labute approximate surface area is 149 Å². The van der Waals surface area contributed by atoms with E-state index in [-0.39, 0.29) is 35.3 Å². The van der Waals surface area contributed by atoms with Crippen LogP contribution in [0.4, 0.5) is 13.2 Å². The average molecular weight is 458 g/mol. The third-order valence-electron chi connectivity index (χ3n) is 3.26. The quantitative estimate of drug-likeness (QED) is 0.377. The van der Waals surface area contributed by atoms with Gasteiger partial charge in [-0.1, -0.05) is 36.4 Å². The largest absolute Gasteiger partial charge is 0.534 e. The molecular weight excluding hydrogens is 444 g/mol. The first-order chi connectivity index (χ1) is 10.1. The first kappa shape index (κ1) is 19.8. The standard InChI is InChI=1S/C15H13F3O3S.HI/c1-10-6-5-8-12(11(10)2)13-7-3-4-9-14(13)21-22(19,20)15(16,17)18;/h3-9H,1-2H3;1H. The van der Waals surface area contributed by atoms with Crippen molar-refractivity contribution in [3.63, 3.8) is 0 Å². The van der Waals surface area contributed by atoms with E-state index in [1.54, 1.807) is 25.1 Å². The summed E-state index contributed by atoms with van der Waals surface area (Å²) >= 11 is 0. The zero-order valence-corrected chi connectivity index (χ0v) is 15.4. The highest BCUT2D eigenvalue weighted by Crippen LogP contribution is 2.36. The normalized spacial score (nSPS) is 11.7. The molecule has 0 unspecified atom stereocenters. The van der Waals surface area contributed by atoms with Crippen LogP contribution in [0, 0.1) is 13.8 Å². The molecule has 23 heavy (non-hydrogen) atoms. The van der Waals surface area contributed by atoms with Crippen molar-refractivity contribution in [1.82, 2.24) is 0 Å². The molecule has 0 saturated heterocycles. The van der Waals surface area contributed by atoms with Crippen molar-refractivity contribution in [3.8, 4) is 16.9 Å². The Morgan fingerprint density at radius 3 is 2.09 bits per heavy atom. The lowest BCUT2D eigenvalue weighted by molar-refractivity contribution is -0.0499. The molecule has 0 bridgehead atoms. The van der Waals surface area contributed by atoms with Crippen molar-refractivity contribution in [2.75, 3.05) is 0 Å². The Morgan fingerprint density at radius 1 is 0.913 bits per heavy atom. The number of aryl methyl sites for hydroxylation is 1. The summed E-state index contributed by atoms with van der Waals surface area (Å²) in [5.74, 6) is -0.353. The van der Waals surface area contributed by atoms with Gasteiger partial charge in [-0.15, -0.1) is 24.0 Å². The Morgan fingerprint density at radius 2 is 1.48 bits per heavy atom. The summed E-state index contributed by atoms with van der Waals surface area (Å²) in [6.07, 6.45) is 0. The molecule has 126 valence electrons. The molecule has 0 fully saturated rings. The average Bonchev–Trinajstić information content (AvgIpc) is 2.41. The molecule has 0 aliphatic heterocycles. The Hall–Kier alpha value is -1.29. The number of rotatable bonds is 3. The molecule has 2 aromatic rings. The van der Waals surface area contributed by atoms with Crippen LogP contribution >= 0.6 is 24.0 Å². The maximum atomic E-state index is 12.5. The predicted octanol–water partition coefficient (Wildman–Crippen LogP) is 4.82. The predicted molar refractivity (Wildman–Crippen MR) is 92.4 cm³/mol. The first-order valence-corrected chi connectivity index (χ1v) is 7.70. The number of halogens is 4. The van der Waals surface area contributed by atoms with Crippen molar-refractivity contribution >= 4 is 34.1 Å². The minimum Gasteiger partial charge on any atom is -0.375 e. The highest BCUT2D eigenvalue weighted by atomic mass is 127. The van der Waals surface area contributed by atoms with Gasteiger partial charge in [-0.05, 0) is 36.6 Å². The Balaban J connectivity index is 0.00000264. The third-order valence-corrected chi connectivity index (χ3v) is 4.23. The summed E-state index contributed by atoms with van der Waals surface area (Å²) in [5.41, 5.74) is -2.79. The Kier molecular flexibility index (Phi) is 6.08. The summed E-state index contributed by atoms with van der Waals surface area (Å²) < 4.78 is 64.2. The summed E-state index contributed by atoms with van der Waals surface area (Å²) in [4.78, 5) is 0. The van der Waals surface area contributed by atoms with Gasteiger partial charge in [0.05, 0.1) is 0 Å². The molecule has 2 aromatic carbocycles. The van der Waals surface area contributed by atoms with Gasteiger partial charge in [0.2, 0.25) is 0 Å². The fourth-order valence-corrected chi connectivity index (χ4v) is 2.45. The van der Waals surface area contributed by atoms with Crippen molar-refractivity contribution in [1.29, 1.82) is 0 Å². The second-order valence-corrected chi connectivity index (χ2v) is 6.26. The summed E-state index contributed by atoms with van der Waals surface area (Å²) in [5, 5.41) is 0. The van der Waals surface area contributed by atoms with Crippen LogP contribution in [0.25, 0.3) is 11.1 Å². The summed E-state index contributed by atoms with van der Waals surface area (Å²) in [7, 11) is -5.70. The maximum absolute atomic E-state index is 12.5. The van der Waals surface area contributed by atoms with Gasteiger partial charge in [-0.25, -0.2) is 0 Å². The first-order valence-electron chi connectivity index (χ1n) is 6.30. The van der Waals surface area contributed by atoms with Gasteiger partial charge < -0.3 is 4.18 Å². The van der Waals surface area contributed by atoms with Crippen molar-refractivity contribution in [3.05, 3.63) is 53.6 Å². The fraction of sp³-hybridized carbons (Fsp3) is 0.200. The smallest absolute Gasteiger partial charge is 0.375 e.